The van der Waals surface area contributed by atoms with Crippen LogP contribution in [-0.4, -0.2) is 26.8 Å². The van der Waals surface area contributed by atoms with Crippen molar-refractivity contribution in [2.24, 2.45) is 5.92 Å². The van der Waals surface area contributed by atoms with Crippen LogP contribution in [0.15, 0.2) is 22.7 Å². The summed E-state index contributed by atoms with van der Waals surface area (Å²) in [7, 11) is 1.68. The second-order valence-electron chi connectivity index (χ2n) is 5.02. The van der Waals surface area contributed by atoms with Crippen molar-refractivity contribution in [3.63, 3.8) is 0 Å². The number of hydrogen-bond donors (Lipinski definition) is 1. The molecule has 0 spiro atoms. The fourth-order valence-corrected chi connectivity index (χ4v) is 3.00. The minimum atomic E-state index is 0.669. The standard InChI is InChI=1S/C15H22BrNO2/c1-18-15-5-4-13(9-14(15)16)11-19-8-6-12-3-2-7-17-10-12/h4-5,9,12,17H,2-3,6-8,10-11H2,1H3. The van der Waals surface area contributed by atoms with Crippen molar-refractivity contribution < 1.29 is 9.47 Å². The summed E-state index contributed by atoms with van der Waals surface area (Å²) in [5.74, 6) is 1.65. The van der Waals surface area contributed by atoms with Crippen LogP contribution in [0.2, 0.25) is 0 Å². The average molecular weight is 328 g/mol. The van der Waals surface area contributed by atoms with E-state index in [0.29, 0.717) is 6.61 Å². The molecule has 3 nitrogen and oxygen atoms in total. The van der Waals surface area contributed by atoms with Crippen LogP contribution in [0.1, 0.15) is 24.8 Å². The minimum absolute atomic E-state index is 0.669. The highest BCUT2D eigenvalue weighted by molar-refractivity contribution is 9.10. The molecular weight excluding hydrogens is 306 g/mol. The molecule has 0 aliphatic carbocycles. The maximum Gasteiger partial charge on any atom is 0.133 e. The van der Waals surface area contributed by atoms with E-state index in [0.717, 1.165) is 35.7 Å². The number of nitrogens with one attached hydrogen (secondary N) is 1. The molecule has 1 saturated heterocycles. The van der Waals surface area contributed by atoms with Crippen molar-refractivity contribution in [2.45, 2.75) is 25.9 Å². The molecule has 2 rings (SSSR count). The summed E-state index contributed by atoms with van der Waals surface area (Å²) in [5, 5.41) is 3.44. The summed E-state index contributed by atoms with van der Waals surface area (Å²) < 4.78 is 12.0. The summed E-state index contributed by atoms with van der Waals surface area (Å²) in [6.07, 6.45) is 3.80. The lowest BCUT2D eigenvalue weighted by molar-refractivity contribution is 0.103. The van der Waals surface area contributed by atoms with Gasteiger partial charge < -0.3 is 14.8 Å². The number of benzene rings is 1. The van der Waals surface area contributed by atoms with E-state index in [4.69, 9.17) is 9.47 Å². The molecule has 0 amide bonds. The Morgan fingerprint density at radius 2 is 2.32 bits per heavy atom. The van der Waals surface area contributed by atoms with Crippen LogP contribution in [0.3, 0.4) is 0 Å². The van der Waals surface area contributed by atoms with Crippen LogP contribution in [0.5, 0.6) is 5.75 Å². The summed E-state index contributed by atoms with van der Waals surface area (Å²) >= 11 is 3.49. The molecule has 1 aliphatic rings. The number of rotatable bonds is 6. The molecule has 19 heavy (non-hydrogen) atoms. The molecule has 1 aromatic carbocycles. The van der Waals surface area contributed by atoms with Gasteiger partial charge in [0.25, 0.3) is 0 Å². The topological polar surface area (TPSA) is 30.5 Å². The van der Waals surface area contributed by atoms with Gasteiger partial charge in [-0.05, 0) is 71.9 Å². The molecule has 0 radical (unpaired) electrons. The summed E-state index contributed by atoms with van der Waals surface area (Å²) in [6, 6.07) is 6.07. The molecule has 106 valence electrons. The lowest BCUT2D eigenvalue weighted by atomic mass is 9.97. The Kier molecular flexibility index (Phi) is 6.14. The lowest BCUT2D eigenvalue weighted by Gasteiger charge is -2.22. The van der Waals surface area contributed by atoms with E-state index in [2.05, 4.69) is 27.3 Å². The smallest absolute Gasteiger partial charge is 0.133 e. The van der Waals surface area contributed by atoms with Crippen LogP contribution in [-0.2, 0) is 11.3 Å². The molecule has 1 unspecified atom stereocenters. The Labute approximate surface area is 123 Å². The van der Waals surface area contributed by atoms with E-state index in [1.807, 2.05) is 12.1 Å². The highest BCUT2D eigenvalue weighted by Crippen LogP contribution is 2.25. The van der Waals surface area contributed by atoms with Crippen molar-refractivity contribution in [3.8, 4) is 5.75 Å². The zero-order chi connectivity index (χ0) is 13.5. The number of hydrogen-bond acceptors (Lipinski definition) is 3. The molecule has 0 saturated carbocycles. The van der Waals surface area contributed by atoms with E-state index in [1.165, 1.54) is 24.9 Å². The minimum Gasteiger partial charge on any atom is -0.496 e. The summed E-state index contributed by atoms with van der Waals surface area (Å²) in [6.45, 7) is 3.84. The highest BCUT2D eigenvalue weighted by atomic mass is 79.9. The van der Waals surface area contributed by atoms with Crippen molar-refractivity contribution in [1.29, 1.82) is 0 Å². The largest absolute Gasteiger partial charge is 0.496 e. The molecule has 1 fully saturated rings. The lowest BCUT2D eigenvalue weighted by Crippen LogP contribution is -2.30. The summed E-state index contributed by atoms with van der Waals surface area (Å²) in [5.41, 5.74) is 1.18. The molecule has 4 heteroatoms. The average Bonchev–Trinajstić information content (AvgIpc) is 2.45. The predicted octanol–water partition coefficient (Wildman–Crippen LogP) is 3.36. The van der Waals surface area contributed by atoms with Gasteiger partial charge in [-0.1, -0.05) is 6.07 Å². The monoisotopic (exact) mass is 327 g/mol. The summed E-state index contributed by atoms with van der Waals surface area (Å²) in [4.78, 5) is 0. The predicted molar refractivity (Wildman–Crippen MR) is 80.6 cm³/mol. The molecule has 1 aliphatic heterocycles. The second-order valence-corrected chi connectivity index (χ2v) is 5.88. The molecule has 1 N–H and O–H groups in total. The maximum atomic E-state index is 5.76. The van der Waals surface area contributed by atoms with Gasteiger partial charge in [-0.25, -0.2) is 0 Å². The SMILES string of the molecule is COc1ccc(COCCC2CCCNC2)cc1Br. The van der Waals surface area contributed by atoms with Gasteiger partial charge in [-0.2, -0.15) is 0 Å². The molecule has 0 bridgehead atoms. The number of ether oxygens (including phenoxy) is 2. The van der Waals surface area contributed by atoms with Crippen LogP contribution in [0.25, 0.3) is 0 Å². The van der Waals surface area contributed by atoms with Crippen molar-refractivity contribution in [3.05, 3.63) is 28.2 Å². The molecular formula is C15H22BrNO2. The van der Waals surface area contributed by atoms with Crippen LogP contribution < -0.4 is 10.1 Å². The van der Waals surface area contributed by atoms with E-state index in [-0.39, 0.29) is 0 Å². The van der Waals surface area contributed by atoms with Gasteiger partial charge >= 0.3 is 0 Å². The molecule has 1 atom stereocenters. The third-order valence-electron chi connectivity index (χ3n) is 3.55. The van der Waals surface area contributed by atoms with Gasteiger partial charge in [0.2, 0.25) is 0 Å². The van der Waals surface area contributed by atoms with Crippen molar-refractivity contribution >= 4 is 15.9 Å². The quantitative estimate of drug-likeness (QED) is 0.812. The zero-order valence-electron chi connectivity index (χ0n) is 11.5. The van der Waals surface area contributed by atoms with Gasteiger partial charge in [-0.3, -0.25) is 0 Å². The van der Waals surface area contributed by atoms with Crippen LogP contribution in [0.4, 0.5) is 0 Å². The fourth-order valence-electron chi connectivity index (χ4n) is 2.41. The highest BCUT2D eigenvalue weighted by Gasteiger charge is 2.12. The molecule has 1 heterocycles. The Bertz CT molecular complexity index is 392. The first kappa shape index (κ1) is 14.8. The molecule has 0 aromatic heterocycles. The number of methoxy groups -OCH3 is 1. The third-order valence-corrected chi connectivity index (χ3v) is 4.17. The number of halogens is 1. The maximum absolute atomic E-state index is 5.76. The third kappa shape index (κ3) is 4.79. The first-order valence-electron chi connectivity index (χ1n) is 6.90. The van der Waals surface area contributed by atoms with Gasteiger partial charge in [0.05, 0.1) is 18.2 Å². The van der Waals surface area contributed by atoms with Gasteiger partial charge in [0.1, 0.15) is 5.75 Å². The van der Waals surface area contributed by atoms with Crippen molar-refractivity contribution in [2.75, 3.05) is 26.8 Å². The van der Waals surface area contributed by atoms with Crippen molar-refractivity contribution in [1.82, 2.24) is 5.32 Å². The fraction of sp³-hybridized carbons (Fsp3) is 0.600. The Morgan fingerprint density at radius 1 is 1.42 bits per heavy atom. The van der Waals surface area contributed by atoms with E-state index >= 15 is 0 Å². The Hall–Kier alpha value is -0.580. The molecule has 1 aromatic rings. The number of piperidine rings is 1. The first-order valence-corrected chi connectivity index (χ1v) is 7.70. The van der Waals surface area contributed by atoms with Crippen LogP contribution >= 0.6 is 15.9 Å². The Balaban J connectivity index is 1.69. The van der Waals surface area contributed by atoms with Gasteiger partial charge in [-0.15, -0.1) is 0 Å². The van der Waals surface area contributed by atoms with Gasteiger partial charge in [0.15, 0.2) is 0 Å². The van der Waals surface area contributed by atoms with Crippen LogP contribution in [0, 0.1) is 5.92 Å². The normalized spacial score (nSPS) is 19.4. The van der Waals surface area contributed by atoms with Gasteiger partial charge in [0, 0.05) is 6.61 Å². The second kappa shape index (κ2) is 7.88. The Morgan fingerprint density at radius 3 is 3.00 bits per heavy atom. The van der Waals surface area contributed by atoms with E-state index < -0.39 is 0 Å². The van der Waals surface area contributed by atoms with E-state index in [1.54, 1.807) is 7.11 Å². The first-order chi connectivity index (χ1) is 9.29. The van der Waals surface area contributed by atoms with E-state index in [9.17, 15) is 0 Å². The zero-order valence-corrected chi connectivity index (χ0v) is 13.0.